The van der Waals surface area contributed by atoms with E-state index >= 15 is 0 Å². The Morgan fingerprint density at radius 1 is 1.00 bits per heavy atom. The van der Waals surface area contributed by atoms with Gasteiger partial charge in [0.1, 0.15) is 5.82 Å². The van der Waals surface area contributed by atoms with E-state index < -0.39 is 0 Å². The molecule has 2 aromatic carbocycles. The second kappa shape index (κ2) is 4.97. The molecule has 0 saturated carbocycles. The van der Waals surface area contributed by atoms with Gasteiger partial charge in [0, 0.05) is 14.1 Å². The van der Waals surface area contributed by atoms with Crippen molar-refractivity contribution >= 4 is 23.4 Å². The largest absolute Gasteiger partial charge is 0.375 e. The summed E-state index contributed by atoms with van der Waals surface area (Å²) in [6.45, 7) is 0. The Morgan fingerprint density at radius 3 is 2.55 bits per heavy atom. The number of benzene rings is 2. The Hall–Kier alpha value is -2.35. The lowest BCUT2D eigenvalue weighted by atomic mass is 10.0. The Morgan fingerprint density at radius 2 is 1.80 bits per heavy atom. The van der Waals surface area contributed by atoms with Crippen molar-refractivity contribution in [2.24, 2.45) is 0 Å². The fourth-order valence-corrected chi connectivity index (χ4v) is 2.46. The summed E-state index contributed by atoms with van der Waals surface area (Å²) in [6.07, 6.45) is 6.18. The fraction of sp³-hybridized carbons (Fsp3) is 0.111. The summed E-state index contributed by atoms with van der Waals surface area (Å²) in [5.41, 5.74) is 5.02. The highest BCUT2D eigenvalue weighted by atomic mass is 19.1. The van der Waals surface area contributed by atoms with Crippen LogP contribution in [-0.4, -0.2) is 14.1 Å². The SMILES string of the molecule is CN(C)c1ccc(/C=C2\C=Cc3ccccc32)cc1F. The first-order valence-corrected chi connectivity index (χ1v) is 6.61. The predicted octanol–water partition coefficient (Wildman–Crippen LogP) is 4.46. The summed E-state index contributed by atoms with van der Waals surface area (Å²) < 4.78 is 14.0. The molecule has 1 aliphatic rings. The number of fused-ring (bicyclic) bond motifs is 1. The minimum Gasteiger partial charge on any atom is -0.375 e. The van der Waals surface area contributed by atoms with Gasteiger partial charge in [-0.05, 0) is 40.5 Å². The monoisotopic (exact) mass is 265 g/mol. The van der Waals surface area contributed by atoms with Gasteiger partial charge in [-0.2, -0.15) is 0 Å². The van der Waals surface area contributed by atoms with Gasteiger partial charge >= 0.3 is 0 Å². The third kappa shape index (κ3) is 2.25. The molecule has 2 heteroatoms. The Kier molecular flexibility index (Phi) is 3.15. The van der Waals surface area contributed by atoms with Crippen molar-refractivity contribution in [1.82, 2.24) is 0 Å². The third-order valence-corrected chi connectivity index (χ3v) is 3.49. The average molecular weight is 265 g/mol. The quantitative estimate of drug-likeness (QED) is 0.775. The molecule has 0 atom stereocenters. The van der Waals surface area contributed by atoms with Crippen molar-refractivity contribution < 1.29 is 4.39 Å². The van der Waals surface area contributed by atoms with Crippen LogP contribution in [0, 0.1) is 5.82 Å². The van der Waals surface area contributed by atoms with E-state index in [-0.39, 0.29) is 5.82 Å². The number of nitrogens with zero attached hydrogens (tertiary/aromatic N) is 1. The van der Waals surface area contributed by atoms with Crippen LogP contribution in [0.25, 0.3) is 17.7 Å². The molecule has 0 amide bonds. The van der Waals surface area contributed by atoms with Gasteiger partial charge in [-0.3, -0.25) is 0 Å². The molecule has 0 fully saturated rings. The number of halogens is 1. The van der Waals surface area contributed by atoms with Gasteiger partial charge in [-0.1, -0.05) is 42.5 Å². The predicted molar refractivity (Wildman–Crippen MR) is 84.1 cm³/mol. The summed E-state index contributed by atoms with van der Waals surface area (Å²) in [6, 6.07) is 13.6. The van der Waals surface area contributed by atoms with Crippen molar-refractivity contribution in [3.63, 3.8) is 0 Å². The molecule has 0 radical (unpaired) electrons. The highest BCUT2D eigenvalue weighted by molar-refractivity contribution is 5.97. The van der Waals surface area contributed by atoms with Crippen LogP contribution in [0.1, 0.15) is 16.7 Å². The van der Waals surface area contributed by atoms with Gasteiger partial charge in [0.2, 0.25) is 0 Å². The molecule has 0 aromatic heterocycles. The maximum absolute atomic E-state index is 14.0. The number of anilines is 1. The van der Waals surface area contributed by atoms with Crippen LogP contribution in [0.4, 0.5) is 10.1 Å². The summed E-state index contributed by atoms with van der Waals surface area (Å²) in [4.78, 5) is 1.77. The fourth-order valence-electron chi connectivity index (χ4n) is 2.46. The summed E-state index contributed by atoms with van der Waals surface area (Å²) in [7, 11) is 3.68. The molecule has 0 unspecified atom stereocenters. The lowest BCUT2D eigenvalue weighted by Crippen LogP contribution is -2.10. The Bertz CT molecular complexity index is 711. The number of rotatable bonds is 2. The number of hydrogen-bond acceptors (Lipinski definition) is 1. The van der Waals surface area contributed by atoms with Crippen LogP contribution in [0.3, 0.4) is 0 Å². The highest BCUT2D eigenvalue weighted by Crippen LogP contribution is 2.31. The van der Waals surface area contributed by atoms with Gasteiger partial charge in [-0.25, -0.2) is 4.39 Å². The van der Waals surface area contributed by atoms with E-state index in [1.807, 2.05) is 44.4 Å². The standard InChI is InChI=1S/C18H16FN/c1-20(2)18-10-7-13(12-17(18)19)11-15-9-8-14-5-3-4-6-16(14)15/h3-12H,1-2H3/b15-11+. The van der Waals surface area contributed by atoms with Crippen LogP contribution in [0.2, 0.25) is 0 Å². The molecule has 0 N–H and O–H groups in total. The van der Waals surface area contributed by atoms with E-state index in [1.54, 1.807) is 11.0 Å². The number of allylic oxidation sites excluding steroid dienone is 2. The summed E-state index contributed by atoms with van der Waals surface area (Å²) in [5.74, 6) is -0.195. The zero-order chi connectivity index (χ0) is 14.1. The topological polar surface area (TPSA) is 3.24 Å². The maximum atomic E-state index is 14.0. The normalized spacial score (nSPS) is 14.7. The van der Waals surface area contributed by atoms with Crippen molar-refractivity contribution in [3.05, 3.63) is 71.0 Å². The second-order valence-electron chi connectivity index (χ2n) is 5.13. The summed E-state index contributed by atoms with van der Waals surface area (Å²) in [5, 5.41) is 0. The van der Waals surface area contributed by atoms with E-state index in [9.17, 15) is 4.39 Å². The van der Waals surface area contributed by atoms with Crippen LogP contribution in [0.5, 0.6) is 0 Å². The van der Waals surface area contributed by atoms with Crippen LogP contribution in [-0.2, 0) is 0 Å². The third-order valence-electron chi connectivity index (χ3n) is 3.49. The highest BCUT2D eigenvalue weighted by Gasteiger charge is 2.10. The Balaban J connectivity index is 1.98. The van der Waals surface area contributed by atoms with Crippen LogP contribution in [0.15, 0.2) is 48.5 Å². The van der Waals surface area contributed by atoms with Gasteiger partial charge in [0.25, 0.3) is 0 Å². The van der Waals surface area contributed by atoms with E-state index in [0.717, 1.165) is 11.1 Å². The zero-order valence-electron chi connectivity index (χ0n) is 11.6. The van der Waals surface area contributed by atoms with Crippen molar-refractivity contribution in [1.29, 1.82) is 0 Å². The lowest BCUT2D eigenvalue weighted by Gasteiger charge is -2.13. The van der Waals surface area contributed by atoms with Gasteiger partial charge in [-0.15, -0.1) is 0 Å². The molecule has 100 valence electrons. The smallest absolute Gasteiger partial charge is 0.147 e. The molecular formula is C18H16FN. The van der Waals surface area contributed by atoms with Crippen LogP contribution >= 0.6 is 0 Å². The molecule has 20 heavy (non-hydrogen) atoms. The van der Waals surface area contributed by atoms with Gasteiger partial charge < -0.3 is 4.90 Å². The first-order chi connectivity index (χ1) is 9.65. The molecule has 0 bridgehead atoms. The summed E-state index contributed by atoms with van der Waals surface area (Å²) >= 11 is 0. The van der Waals surface area contributed by atoms with E-state index in [4.69, 9.17) is 0 Å². The van der Waals surface area contributed by atoms with Gasteiger partial charge in [0.05, 0.1) is 5.69 Å². The Labute approximate surface area is 118 Å². The van der Waals surface area contributed by atoms with Crippen LogP contribution < -0.4 is 4.90 Å². The molecule has 0 heterocycles. The first kappa shape index (κ1) is 12.7. The molecule has 0 aliphatic heterocycles. The molecule has 3 rings (SSSR count). The number of hydrogen-bond donors (Lipinski definition) is 0. The maximum Gasteiger partial charge on any atom is 0.147 e. The average Bonchev–Trinajstić information content (AvgIpc) is 2.82. The van der Waals surface area contributed by atoms with Gasteiger partial charge in [0.15, 0.2) is 0 Å². The molecule has 1 nitrogen and oxygen atoms in total. The van der Waals surface area contributed by atoms with E-state index in [2.05, 4.69) is 24.3 Å². The minimum absolute atomic E-state index is 0.195. The minimum atomic E-state index is -0.195. The van der Waals surface area contributed by atoms with Crippen molar-refractivity contribution in [2.45, 2.75) is 0 Å². The molecule has 0 saturated heterocycles. The molecule has 2 aromatic rings. The second-order valence-corrected chi connectivity index (χ2v) is 5.13. The van der Waals surface area contributed by atoms with Crippen molar-refractivity contribution in [3.8, 4) is 0 Å². The molecular weight excluding hydrogens is 249 g/mol. The van der Waals surface area contributed by atoms with Crippen molar-refractivity contribution in [2.75, 3.05) is 19.0 Å². The molecule has 1 aliphatic carbocycles. The molecule has 0 spiro atoms. The first-order valence-electron chi connectivity index (χ1n) is 6.61. The van der Waals surface area contributed by atoms with E-state index in [1.165, 1.54) is 11.1 Å². The zero-order valence-corrected chi connectivity index (χ0v) is 11.6. The lowest BCUT2D eigenvalue weighted by molar-refractivity contribution is 0.626. The van der Waals surface area contributed by atoms with E-state index in [0.29, 0.717) is 5.69 Å².